The second-order valence-electron chi connectivity index (χ2n) is 9.80. The van der Waals surface area contributed by atoms with Gasteiger partial charge in [0, 0.05) is 51.2 Å². The fourth-order valence-corrected chi connectivity index (χ4v) is 5.07. The third-order valence-electron chi connectivity index (χ3n) is 7.24. The van der Waals surface area contributed by atoms with Crippen molar-refractivity contribution in [3.8, 4) is 17.4 Å². The first-order chi connectivity index (χ1) is 20.0. The van der Waals surface area contributed by atoms with Crippen molar-refractivity contribution >= 4 is 23.3 Å². The molecule has 1 fully saturated rings. The van der Waals surface area contributed by atoms with Crippen molar-refractivity contribution in [2.24, 2.45) is 0 Å². The minimum absolute atomic E-state index is 0.00655. The predicted molar refractivity (Wildman–Crippen MR) is 158 cm³/mol. The van der Waals surface area contributed by atoms with Crippen molar-refractivity contribution in [3.63, 3.8) is 0 Å². The number of piperazine rings is 1. The van der Waals surface area contributed by atoms with Crippen molar-refractivity contribution < 1.29 is 14.3 Å². The Labute approximate surface area is 244 Å². The van der Waals surface area contributed by atoms with E-state index in [1.54, 1.807) is 43.6 Å². The van der Waals surface area contributed by atoms with Gasteiger partial charge in [0.25, 0.3) is 0 Å². The maximum Gasteiger partial charge on any atom is 0.239 e. The fraction of sp³-hybridized carbons (Fsp3) is 0.333. The number of benzene rings is 2. The van der Waals surface area contributed by atoms with E-state index in [4.69, 9.17) is 26.1 Å². The van der Waals surface area contributed by atoms with Gasteiger partial charge in [0.1, 0.15) is 34.8 Å². The third-order valence-corrected chi connectivity index (χ3v) is 7.44. The van der Waals surface area contributed by atoms with Crippen molar-refractivity contribution in [3.05, 3.63) is 89.6 Å². The van der Waals surface area contributed by atoms with E-state index in [0.29, 0.717) is 43.1 Å². The first kappa shape index (κ1) is 28.4. The summed E-state index contributed by atoms with van der Waals surface area (Å²) in [5.74, 6) is 2.75. The first-order valence-corrected chi connectivity index (χ1v) is 14.0. The molecule has 10 nitrogen and oxygen atoms in total. The van der Waals surface area contributed by atoms with Crippen molar-refractivity contribution in [1.82, 2.24) is 29.7 Å². The average molecular weight is 576 g/mol. The molecular formula is C30H34ClN7O3. The summed E-state index contributed by atoms with van der Waals surface area (Å²) in [7, 11) is 3.31. The molecule has 1 amide bonds. The van der Waals surface area contributed by atoms with Crippen LogP contribution in [-0.2, 0) is 17.6 Å². The summed E-state index contributed by atoms with van der Waals surface area (Å²) in [6, 6.07) is 17.4. The van der Waals surface area contributed by atoms with E-state index < -0.39 is 0 Å². The lowest BCUT2D eigenvalue weighted by Crippen LogP contribution is -2.59. The Morgan fingerprint density at radius 3 is 2.29 bits per heavy atom. The SMILES string of the molecule is COc1ccc(CCNC(=O)C2CN(c3cc(Cl)nc(-n4ccnc4)n3)CCN2CCc2ccc(OC)cc2)cc1. The Balaban J connectivity index is 1.29. The van der Waals surface area contributed by atoms with E-state index in [0.717, 1.165) is 36.4 Å². The van der Waals surface area contributed by atoms with Crippen LogP contribution >= 0.6 is 11.6 Å². The molecule has 1 saturated heterocycles. The standard InChI is InChI=1S/C30H34ClN7O3/c1-40-24-7-3-22(4-8-24)11-13-33-29(39)26-20-37(28-19-27(31)34-30(35-28)38-16-14-32-21-38)18-17-36(26)15-12-23-5-9-25(41-2)10-6-23/h3-10,14,16,19,21,26H,11-13,15,17-18,20H2,1-2H3,(H,33,39). The van der Waals surface area contributed by atoms with Crippen LogP contribution in [0, 0.1) is 0 Å². The van der Waals surface area contributed by atoms with Gasteiger partial charge in [0.2, 0.25) is 11.9 Å². The lowest BCUT2D eigenvalue weighted by atomic mass is 10.1. The zero-order valence-corrected chi connectivity index (χ0v) is 24.0. The molecule has 1 atom stereocenters. The summed E-state index contributed by atoms with van der Waals surface area (Å²) < 4.78 is 12.2. The lowest BCUT2D eigenvalue weighted by molar-refractivity contribution is -0.126. The van der Waals surface area contributed by atoms with Crippen LogP contribution in [0.2, 0.25) is 5.15 Å². The zero-order chi connectivity index (χ0) is 28.6. The zero-order valence-electron chi connectivity index (χ0n) is 23.2. The number of amides is 1. The van der Waals surface area contributed by atoms with Gasteiger partial charge in [-0.2, -0.15) is 4.98 Å². The Kier molecular flexibility index (Phi) is 9.33. The fourth-order valence-electron chi connectivity index (χ4n) is 4.90. The number of carbonyl (C=O) groups is 1. The second-order valence-corrected chi connectivity index (χ2v) is 10.2. The summed E-state index contributed by atoms with van der Waals surface area (Å²) in [5, 5.41) is 3.50. The molecule has 41 heavy (non-hydrogen) atoms. The number of imidazole rings is 1. The highest BCUT2D eigenvalue weighted by Crippen LogP contribution is 2.22. The molecule has 5 rings (SSSR count). The number of nitrogens with one attached hydrogen (secondary N) is 1. The molecule has 1 N–H and O–H groups in total. The number of methoxy groups -OCH3 is 2. The van der Waals surface area contributed by atoms with Crippen molar-refractivity contribution in [2.75, 3.05) is 51.8 Å². The largest absolute Gasteiger partial charge is 0.497 e. The molecule has 1 aliphatic heterocycles. The number of ether oxygens (including phenoxy) is 2. The molecule has 11 heteroatoms. The molecule has 214 valence electrons. The molecule has 2 aromatic heterocycles. The molecule has 0 aliphatic carbocycles. The van der Waals surface area contributed by atoms with E-state index in [2.05, 4.69) is 37.2 Å². The van der Waals surface area contributed by atoms with Crippen LogP contribution in [0.4, 0.5) is 5.82 Å². The van der Waals surface area contributed by atoms with E-state index in [9.17, 15) is 4.79 Å². The Bertz CT molecular complexity index is 1420. The maximum atomic E-state index is 13.6. The number of halogens is 1. The third kappa shape index (κ3) is 7.33. The number of hydrogen-bond acceptors (Lipinski definition) is 8. The van der Waals surface area contributed by atoms with E-state index in [-0.39, 0.29) is 11.9 Å². The molecule has 1 unspecified atom stereocenters. The number of aromatic nitrogens is 4. The predicted octanol–water partition coefficient (Wildman–Crippen LogP) is 3.43. The summed E-state index contributed by atoms with van der Waals surface area (Å²) in [4.78, 5) is 31.1. The highest BCUT2D eigenvalue weighted by Gasteiger charge is 2.33. The van der Waals surface area contributed by atoms with Crippen LogP contribution in [0.3, 0.4) is 0 Å². The van der Waals surface area contributed by atoms with Gasteiger partial charge < -0.3 is 19.7 Å². The van der Waals surface area contributed by atoms with Crippen LogP contribution in [-0.4, -0.2) is 83.3 Å². The summed E-state index contributed by atoms with van der Waals surface area (Å²) in [5.41, 5.74) is 2.33. The molecule has 3 heterocycles. The molecule has 1 aliphatic rings. The van der Waals surface area contributed by atoms with Gasteiger partial charge in [-0.15, -0.1) is 0 Å². The van der Waals surface area contributed by atoms with Crippen molar-refractivity contribution in [1.29, 1.82) is 0 Å². The average Bonchev–Trinajstić information content (AvgIpc) is 3.56. The summed E-state index contributed by atoms with van der Waals surface area (Å²) in [6.07, 6.45) is 6.62. The number of carbonyl (C=O) groups excluding carboxylic acids is 1. The van der Waals surface area contributed by atoms with E-state index in [1.807, 2.05) is 36.4 Å². The monoisotopic (exact) mass is 575 g/mol. The normalized spacial score (nSPS) is 15.5. The highest BCUT2D eigenvalue weighted by atomic mass is 35.5. The number of rotatable bonds is 11. The minimum Gasteiger partial charge on any atom is -0.497 e. The second kappa shape index (κ2) is 13.5. The van der Waals surface area contributed by atoms with Crippen LogP contribution in [0.1, 0.15) is 11.1 Å². The Morgan fingerprint density at radius 2 is 1.66 bits per heavy atom. The molecule has 0 bridgehead atoms. The molecule has 0 saturated carbocycles. The molecule has 4 aromatic rings. The highest BCUT2D eigenvalue weighted by molar-refractivity contribution is 6.29. The number of nitrogens with zero attached hydrogens (tertiary/aromatic N) is 6. The molecule has 0 spiro atoms. The van der Waals surface area contributed by atoms with Crippen LogP contribution in [0.25, 0.3) is 5.95 Å². The van der Waals surface area contributed by atoms with Gasteiger partial charge in [0.05, 0.1) is 14.2 Å². The maximum absolute atomic E-state index is 13.6. The molecule has 2 aromatic carbocycles. The smallest absolute Gasteiger partial charge is 0.239 e. The molecular weight excluding hydrogens is 542 g/mol. The first-order valence-electron chi connectivity index (χ1n) is 13.6. The van der Waals surface area contributed by atoms with Crippen molar-refractivity contribution in [2.45, 2.75) is 18.9 Å². The van der Waals surface area contributed by atoms with Gasteiger partial charge in [0.15, 0.2) is 0 Å². The molecule has 0 radical (unpaired) electrons. The van der Waals surface area contributed by atoms with Crippen LogP contribution < -0.4 is 19.7 Å². The van der Waals surface area contributed by atoms with Gasteiger partial charge in [-0.05, 0) is 48.2 Å². The quantitative estimate of drug-likeness (QED) is 0.272. The van der Waals surface area contributed by atoms with E-state index >= 15 is 0 Å². The summed E-state index contributed by atoms with van der Waals surface area (Å²) >= 11 is 6.38. The lowest BCUT2D eigenvalue weighted by Gasteiger charge is -2.41. The van der Waals surface area contributed by atoms with Gasteiger partial charge in [-0.1, -0.05) is 35.9 Å². The topological polar surface area (TPSA) is 97.6 Å². The Morgan fingerprint density at radius 1 is 0.976 bits per heavy atom. The number of hydrogen-bond donors (Lipinski definition) is 1. The summed E-state index contributed by atoms with van der Waals surface area (Å²) in [6.45, 7) is 3.18. The van der Waals surface area contributed by atoms with Gasteiger partial charge >= 0.3 is 0 Å². The van der Waals surface area contributed by atoms with Crippen LogP contribution in [0.15, 0.2) is 73.3 Å². The minimum atomic E-state index is -0.358. The van der Waals surface area contributed by atoms with Crippen LogP contribution in [0.5, 0.6) is 11.5 Å². The van der Waals surface area contributed by atoms with Gasteiger partial charge in [-0.25, -0.2) is 9.97 Å². The Hall–Kier alpha value is -4.15. The van der Waals surface area contributed by atoms with Gasteiger partial charge in [-0.3, -0.25) is 14.3 Å². The number of anilines is 1. The van der Waals surface area contributed by atoms with E-state index in [1.165, 1.54) is 5.56 Å².